The lowest BCUT2D eigenvalue weighted by Crippen LogP contribution is -2.04. The third-order valence-electron chi connectivity index (χ3n) is 4.19. The summed E-state index contributed by atoms with van der Waals surface area (Å²) in [6.45, 7) is 1.93. The van der Waals surface area contributed by atoms with Gasteiger partial charge in [0.1, 0.15) is 5.75 Å². The van der Waals surface area contributed by atoms with Gasteiger partial charge in [0.2, 0.25) is 5.75 Å². The maximum Gasteiger partial charge on any atom is 0.203 e. The average Bonchev–Trinajstić information content (AvgIpc) is 2.70. The van der Waals surface area contributed by atoms with Crippen LogP contribution in [-0.4, -0.2) is 34.2 Å². The SMILES string of the molecule is CCC(=Cc1cc(OC)c(OC)c(OC)c1)C(=O)c1ccc(OC)c(N)c1. The number of nitrogens with two attached hydrogens (primary N) is 1. The molecule has 0 bridgehead atoms. The maximum absolute atomic E-state index is 12.9. The van der Waals surface area contributed by atoms with Crippen LogP contribution in [0.15, 0.2) is 35.9 Å². The number of nitrogen functional groups attached to an aromatic ring is 1. The molecule has 0 fully saturated rings. The summed E-state index contributed by atoms with van der Waals surface area (Å²) >= 11 is 0. The van der Waals surface area contributed by atoms with E-state index in [0.29, 0.717) is 46.2 Å². The lowest BCUT2D eigenvalue weighted by molar-refractivity contribution is 0.103. The number of carbonyl (C=O) groups excluding carboxylic acids is 1. The van der Waals surface area contributed by atoms with Gasteiger partial charge in [0.25, 0.3) is 0 Å². The Bertz CT molecular complexity index is 833. The third-order valence-corrected chi connectivity index (χ3v) is 4.19. The summed E-state index contributed by atoms with van der Waals surface area (Å²) in [4.78, 5) is 12.9. The summed E-state index contributed by atoms with van der Waals surface area (Å²) in [5.74, 6) is 2.00. The van der Waals surface area contributed by atoms with Crippen molar-refractivity contribution in [1.82, 2.24) is 0 Å². The number of carbonyl (C=O) groups is 1. The molecular weight excluding hydrogens is 346 g/mol. The van der Waals surface area contributed by atoms with Gasteiger partial charge in [-0.25, -0.2) is 0 Å². The van der Waals surface area contributed by atoms with E-state index in [1.54, 1.807) is 51.7 Å². The minimum absolute atomic E-state index is 0.0967. The molecule has 0 heterocycles. The Hall–Kier alpha value is -3.15. The van der Waals surface area contributed by atoms with E-state index in [9.17, 15) is 4.79 Å². The highest BCUT2D eigenvalue weighted by Crippen LogP contribution is 2.39. The smallest absolute Gasteiger partial charge is 0.203 e. The molecule has 0 aromatic heterocycles. The molecular formula is C21H25NO5. The van der Waals surface area contributed by atoms with E-state index in [1.165, 1.54) is 7.11 Å². The van der Waals surface area contributed by atoms with E-state index in [-0.39, 0.29) is 5.78 Å². The predicted octanol–water partition coefficient (Wildman–Crippen LogP) is 3.98. The van der Waals surface area contributed by atoms with Gasteiger partial charge in [-0.2, -0.15) is 0 Å². The molecule has 0 amide bonds. The monoisotopic (exact) mass is 371 g/mol. The van der Waals surface area contributed by atoms with Crippen molar-refractivity contribution >= 4 is 17.5 Å². The molecule has 2 rings (SSSR count). The van der Waals surface area contributed by atoms with Crippen LogP contribution in [0.3, 0.4) is 0 Å². The molecule has 0 aliphatic carbocycles. The number of hydrogen-bond donors (Lipinski definition) is 1. The molecule has 0 aliphatic heterocycles. The molecule has 0 unspecified atom stereocenters. The van der Waals surface area contributed by atoms with Crippen molar-refractivity contribution in [2.75, 3.05) is 34.2 Å². The fraction of sp³-hybridized carbons (Fsp3) is 0.286. The summed E-state index contributed by atoms with van der Waals surface area (Å²) in [6.07, 6.45) is 2.37. The Morgan fingerprint density at radius 2 is 1.52 bits per heavy atom. The number of methoxy groups -OCH3 is 4. The summed E-state index contributed by atoms with van der Waals surface area (Å²) in [6, 6.07) is 8.62. The van der Waals surface area contributed by atoms with Crippen LogP contribution in [-0.2, 0) is 0 Å². The largest absolute Gasteiger partial charge is 0.495 e. The second kappa shape index (κ2) is 8.98. The summed E-state index contributed by atoms with van der Waals surface area (Å²) < 4.78 is 21.2. The first-order chi connectivity index (χ1) is 13.0. The number of hydrogen-bond acceptors (Lipinski definition) is 6. The van der Waals surface area contributed by atoms with Crippen molar-refractivity contribution in [3.63, 3.8) is 0 Å². The number of allylic oxidation sites excluding steroid dienone is 1. The van der Waals surface area contributed by atoms with Crippen molar-refractivity contribution in [3.8, 4) is 23.0 Å². The van der Waals surface area contributed by atoms with Gasteiger partial charge in [0.15, 0.2) is 17.3 Å². The molecule has 0 spiro atoms. The van der Waals surface area contributed by atoms with Gasteiger partial charge in [-0.3, -0.25) is 4.79 Å². The Balaban J connectivity index is 2.46. The Morgan fingerprint density at radius 1 is 0.926 bits per heavy atom. The molecule has 144 valence electrons. The molecule has 0 saturated heterocycles. The number of ketones is 1. The predicted molar refractivity (Wildman–Crippen MR) is 106 cm³/mol. The van der Waals surface area contributed by atoms with Crippen molar-refractivity contribution in [2.45, 2.75) is 13.3 Å². The highest BCUT2D eigenvalue weighted by Gasteiger charge is 2.16. The first kappa shape index (κ1) is 20.2. The molecule has 6 heteroatoms. The fourth-order valence-corrected chi connectivity index (χ4v) is 2.78. The maximum atomic E-state index is 12.9. The summed E-state index contributed by atoms with van der Waals surface area (Å²) in [7, 11) is 6.19. The van der Waals surface area contributed by atoms with Crippen LogP contribution in [0, 0.1) is 0 Å². The highest BCUT2D eigenvalue weighted by molar-refractivity contribution is 6.11. The normalized spacial score (nSPS) is 11.1. The average molecular weight is 371 g/mol. The van der Waals surface area contributed by atoms with E-state index >= 15 is 0 Å². The number of benzene rings is 2. The molecule has 0 saturated carbocycles. The Kier molecular flexibility index (Phi) is 6.71. The lowest BCUT2D eigenvalue weighted by atomic mass is 9.98. The van der Waals surface area contributed by atoms with Crippen LogP contribution >= 0.6 is 0 Å². The quantitative estimate of drug-likeness (QED) is 0.429. The van der Waals surface area contributed by atoms with Gasteiger partial charge in [-0.05, 0) is 48.4 Å². The topological polar surface area (TPSA) is 80.0 Å². The van der Waals surface area contributed by atoms with Crippen LogP contribution in [0.5, 0.6) is 23.0 Å². The first-order valence-electron chi connectivity index (χ1n) is 8.47. The standard InChI is InChI=1S/C21H25NO5/c1-6-14(20(23)15-7-8-17(24-2)16(22)12-15)9-13-10-18(25-3)21(27-5)19(11-13)26-4/h7-12H,6,22H2,1-5H3. The highest BCUT2D eigenvalue weighted by atomic mass is 16.5. The lowest BCUT2D eigenvalue weighted by Gasteiger charge is -2.13. The molecule has 6 nitrogen and oxygen atoms in total. The molecule has 0 atom stereocenters. The van der Waals surface area contributed by atoms with Crippen LogP contribution in [0.4, 0.5) is 5.69 Å². The zero-order valence-corrected chi connectivity index (χ0v) is 16.3. The van der Waals surface area contributed by atoms with Gasteiger partial charge in [-0.15, -0.1) is 0 Å². The minimum Gasteiger partial charge on any atom is -0.495 e. The second-order valence-corrected chi connectivity index (χ2v) is 5.77. The molecule has 0 radical (unpaired) electrons. The van der Waals surface area contributed by atoms with Crippen LogP contribution in [0.1, 0.15) is 29.3 Å². The number of anilines is 1. The zero-order valence-electron chi connectivity index (χ0n) is 16.3. The van der Waals surface area contributed by atoms with Gasteiger partial charge >= 0.3 is 0 Å². The molecule has 2 aromatic rings. The van der Waals surface area contributed by atoms with Gasteiger partial charge in [0.05, 0.1) is 34.1 Å². The summed E-state index contributed by atoms with van der Waals surface area (Å²) in [5.41, 5.74) is 8.27. The van der Waals surface area contributed by atoms with Crippen LogP contribution in [0.2, 0.25) is 0 Å². The van der Waals surface area contributed by atoms with Crippen molar-refractivity contribution in [2.24, 2.45) is 0 Å². The first-order valence-corrected chi connectivity index (χ1v) is 8.47. The van der Waals surface area contributed by atoms with Crippen LogP contribution < -0.4 is 24.7 Å². The molecule has 2 aromatic carbocycles. The number of ether oxygens (including phenoxy) is 4. The van der Waals surface area contributed by atoms with E-state index in [4.69, 9.17) is 24.7 Å². The van der Waals surface area contributed by atoms with Gasteiger partial charge in [0, 0.05) is 11.1 Å². The second-order valence-electron chi connectivity index (χ2n) is 5.77. The summed E-state index contributed by atoms with van der Waals surface area (Å²) in [5, 5.41) is 0. The van der Waals surface area contributed by atoms with Crippen LogP contribution in [0.25, 0.3) is 6.08 Å². The third kappa shape index (κ3) is 4.34. The van der Waals surface area contributed by atoms with E-state index < -0.39 is 0 Å². The number of Topliss-reactive ketones (excluding diaryl/α,β-unsaturated/α-hetero) is 1. The van der Waals surface area contributed by atoms with Gasteiger partial charge < -0.3 is 24.7 Å². The van der Waals surface area contributed by atoms with E-state index in [0.717, 1.165) is 5.56 Å². The van der Waals surface area contributed by atoms with Crippen molar-refractivity contribution in [1.29, 1.82) is 0 Å². The van der Waals surface area contributed by atoms with Crippen molar-refractivity contribution in [3.05, 3.63) is 47.0 Å². The minimum atomic E-state index is -0.0967. The van der Waals surface area contributed by atoms with Crippen molar-refractivity contribution < 1.29 is 23.7 Å². The number of rotatable bonds is 8. The molecule has 27 heavy (non-hydrogen) atoms. The fourth-order valence-electron chi connectivity index (χ4n) is 2.78. The van der Waals surface area contributed by atoms with E-state index in [2.05, 4.69) is 0 Å². The molecule has 0 aliphatic rings. The Labute approximate surface area is 159 Å². The molecule has 2 N–H and O–H groups in total. The van der Waals surface area contributed by atoms with E-state index in [1.807, 2.05) is 13.0 Å². The Morgan fingerprint density at radius 3 is 1.96 bits per heavy atom. The van der Waals surface area contributed by atoms with Gasteiger partial charge in [-0.1, -0.05) is 6.92 Å². The zero-order chi connectivity index (χ0) is 20.0.